The molecule has 0 spiro atoms. The van der Waals surface area contributed by atoms with Crippen LogP contribution in [0, 0.1) is 5.82 Å². The number of fused-ring (bicyclic) bond motifs is 1. The Morgan fingerprint density at radius 3 is 2.50 bits per heavy atom. The van der Waals surface area contributed by atoms with Gasteiger partial charge in [-0.05, 0) is 64.4 Å². The Balaban J connectivity index is 1.91. The molecule has 170 valence electrons. The molecule has 8 heteroatoms. The van der Waals surface area contributed by atoms with E-state index in [1.54, 1.807) is 32.0 Å². The molecule has 0 unspecified atom stereocenters. The number of carbonyl (C=O) groups is 3. The molecule has 7 nitrogen and oxygen atoms in total. The third-order valence-corrected chi connectivity index (χ3v) is 5.42. The van der Waals surface area contributed by atoms with E-state index in [1.165, 1.54) is 29.2 Å². The van der Waals surface area contributed by atoms with Gasteiger partial charge in [-0.2, -0.15) is 0 Å². The number of anilines is 2. The first-order valence-corrected chi connectivity index (χ1v) is 10.5. The monoisotopic (exact) mass is 441 g/mol. The summed E-state index contributed by atoms with van der Waals surface area (Å²) in [6, 6.07) is 10.5. The van der Waals surface area contributed by atoms with Crippen molar-refractivity contribution in [3.05, 3.63) is 53.8 Å². The van der Waals surface area contributed by atoms with Crippen molar-refractivity contribution in [2.24, 2.45) is 0 Å². The smallest absolute Gasteiger partial charge is 0.271 e. The third kappa shape index (κ3) is 4.90. The molecule has 0 radical (unpaired) electrons. The van der Waals surface area contributed by atoms with E-state index in [4.69, 9.17) is 4.74 Å². The number of hydrogen-bond acceptors (Lipinski definition) is 4. The molecule has 0 atom stereocenters. The SMILES string of the molecule is CCC(C)(C)NC(=O)c1ccc2c(c1)N(CC(=O)Nc1ccccc1F)C(=O)C(C)(C)O2. The molecule has 1 aliphatic rings. The zero-order valence-corrected chi connectivity index (χ0v) is 18.9. The van der Waals surface area contributed by atoms with Crippen molar-refractivity contribution in [1.29, 1.82) is 0 Å². The lowest BCUT2D eigenvalue weighted by atomic mass is 10.00. The first-order chi connectivity index (χ1) is 14.9. The first-order valence-electron chi connectivity index (χ1n) is 10.5. The molecule has 2 aromatic rings. The van der Waals surface area contributed by atoms with E-state index in [9.17, 15) is 18.8 Å². The topological polar surface area (TPSA) is 87.7 Å². The van der Waals surface area contributed by atoms with Crippen LogP contribution in [0.1, 0.15) is 51.4 Å². The molecule has 0 fully saturated rings. The van der Waals surface area contributed by atoms with Crippen LogP contribution in [-0.4, -0.2) is 35.4 Å². The molecule has 0 saturated carbocycles. The fourth-order valence-corrected chi connectivity index (χ4v) is 3.23. The average Bonchev–Trinajstić information content (AvgIpc) is 2.72. The van der Waals surface area contributed by atoms with Gasteiger partial charge in [0.15, 0.2) is 5.60 Å². The molecule has 2 N–H and O–H groups in total. The number of benzene rings is 2. The number of halogens is 1. The van der Waals surface area contributed by atoms with E-state index in [-0.39, 0.29) is 18.1 Å². The Kier molecular flexibility index (Phi) is 6.25. The lowest BCUT2D eigenvalue weighted by molar-refractivity contribution is -0.133. The first kappa shape index (κ1) is 23.2. The number of nitrogens with zero attached hydrogens (tertiary/aromatic N) is 1. The van der Waals surface area contributed by atoms with Crippen molar-refractivity contribution < 1.29 is 23.5 Å². The number of rotatable bonds is 6. The van der Waals surface area contributed by atoms with Gasteiger partial charge in [-0.15, -0.1) is 0 Å². The van der Waals surface area contributed by atoms with E-state index in [2.05, 4.69) is 10.6 Å². The van der Waals surface area contributed by atoms with Crippen molar-refractivity contribution in [2.75, 3.05) is 16.8 Å². The molecule has 3 rings (SSSR count). The molecule has 2 aromatic carbocycles. The summed E-state index contributed by atoms with van der Waals surface area (Å²) < 4.78 is 19.7. The zero-order chi connectivity index (χ0) is 23.7. The van der Waals surface area contributed by atoms with Gasteiger partial charge in [-0.1, -0.05) is 19.1 Å². The summed E-state index contributed by atoms with van der Waals surface area (Å²) in [5, 5.41) is 5.43. The van der Waals surface area contributed by atoms with Crippen molar-refractivity contribution in [2.45, 2.75) is 52.2 Å². The highest BCUT2D eigenvalue weighted by Crippen LogP contribution is 2.38. The maximum atomic E-state index is 13.9. The zero-order valence-electron chi connectivity index (χ0n) is 18.9. The quantitative estimate of drug-likeness (QED) is 0.712. The van der Waals surface area contributed by atoms with E-state index in [0.29, 0.717) is 17.0 Å². The predicted octanol–water partition coefficient (Wildman–Crippen LogP) is 3.89. The normalized spacial score (nSPS) is 14.9. The third-order valence-electron chi connectivity index (χ3n) is 5.42. The summed E-state index contributed by atoms with van der Waals surface area (Å²) in [4.78, 5) is 39.7. The maximum Gasteiger partial charge on any atom is 0.271 e. The largest absolute Gasteiger partial charge is 0.476 e. The Morgan fingerprint density at radius 1 is 1.16 bits per heavy atom. The van der Waals surface area contributed by atoms with Gasteiger partial charge in [0.25, 0.3) is 11.8 Å². The van der Waals surface area contributed by atoms with Gasteiger partial charge >= 0.3 is 0 Å². The van der Waals surface area contributed by atoms with Crippen molar-refractivity contribution in [1.82, 2.24) is 5.32 Å². The molecular formula is C24H28FN3O4. The number of amides is 3. The van der Waals surface area contributed by atoms with Crippen LogP contribution >= 0.6 is 0 Å². The Bertz CT molecular complexity index is 1060. The summed E-state index contributed by atoms with van der Waals surface area (Å²) >= 11 is 0. The highest BCUT2D eigenvalue weighted by Gasteiger charge is 2.42. The van der Waals surface area contributed by atoms with Gasteiger partial charge in [0.05, 0.1) is 11.4 Å². The highest BCUT2D eigenvalue weighted by molar-refractivity contribution is 6.08. The van der Waals surface area contributed by atoms with Crippen LogP contribution in [-0.2, 0) is 9.59 Å². The van der Waals surface area contributed by atoms with Gasteiger partial charge < -0.3 is 15.4 Å². The van der Waals surface area contributed by atoms with Crippen molar-refractivity contribution >= 4 is 29.1 Å². The van der Waals surface area contributed by atoms with Crippen molar-refractivity contribution in [3.8, 4) is 5.75 Å². The molecule has 32 heavy (non-hydrogen) atoms. The van der Waals surface area contributed by atoms with E-state index < -0.39 is 28.8 Å². The van der Waals surface area contributed by atoms with Gasteiger partial charge in [0.2, 0.25) is 5.91 Å². The number of ether oxygens (including phenoxy) is 1. The van der Waals surface area contributed by atoms with E-state index in [0.717, 1.165) is 6.42 Å². The Labute approximate surface area is 186 Å². The average molecular weight is 442 g/mol. The minimum absolute atomic E-state index is 0.0209. The predicted molar refractivity (Wildman–Crippen MR) is 120 cm³/mol. The van der Waals surface area contributed by atoms with Crippen LogP contribution in [0.3, 0.4) is 0 Å². The minimum Gasteiger partial charge on any atom is -0.476 e. The maximum absolute atomic E-state index is 13.9. The Morgan fingerprint density at radius 2 is 1.84 bits per heavy atom. The molecule has 1 heterocycles. The van der Waals surface area contributed by atoms with E-state index in [1.807, 2.05) is 20.8 Å². The lowest BCUT2D eigenvalue weighted by Gasteiger charge is -2.38. The van der Waals surface area contributed by atoms with Gasteiger partial charge in [0, 0.05) is 11.1 Å². The minimum atomic E-state index is -1.21. The Hall–Kier alpha value is -3.42. The number of para-hydroxylation sites is 1. The molecule has 0 saturated heterocycles. The second kappa shape index (κ2) is 8.61. The van der Waals surface area contributed by atoms with E-state index >= 15 is 0 Å². The van der Waals surface area contributed by atoms with Crippen LogP contribution in [0.15, 0.2) is 42.5 Å². The molecule has 0 aromatic heterocycles. The fourth-order valence-electron chi connectivity index (χ4n) is 3.23. The summed E-state index contributed by atoms with van der Waals surface area (Å²) in [5.74, 6) is -1.52. The summed E-state index contributed by atoms with van der Waals surface area (Å²) in [6.07, 6.45) is 0.738. The fraction of sp³-hybridized carbons (Fsp3) is 0.375. The summed E-state index contributed by atoms with van der Waals surface area (Å²) in [5.41, 5.74) is -0.951. The van der Waals surface area contributed by atoms with Crippen LogP contribution < -0.4 is 20.3 Å². The molecular weight excluding hydrogens is 413 g/mol. The lowest BCUT2D eigenvalue weighted by Crippen LogP contribution is -2.54. The van der Waals surface area contributed by atoms with Crippen LogP contribution in [0.4, 0.5) is 15.8 Å². The molecule has 0 bridgehead atoms. The van der Waals surface area contributed by atoms with Gasteiger partial charge in [-0.25, -0.2) is 4.39 Å². The number of hydrogen-bond donors (Lipinski definition) is 2. The molecule has 3 amide bonds. The van der Waals surface area contributed by atoms with Crippen molar-refractivity contribution in [3.63, 3.8) is 0 Å². The second-order valence-electron chi connectivity index (χ2n) is 8.91. The number of nitrogens with one attached hydrogen (secondary N) is 2. The molecule has 1 aliphatic heterocycles. The summed E-state index contributed by atoms with van der Waals surface area (Å²) in [6.45, 7) is 8.64. The molecule has 0 aliphatic carbocycles. The van der Waals surface area contributed by atoms with Crippen LogP contribution in [0.25, 0.3) is 0 Å². The standard InChI is InChI=1S/C24H28FN3O4/c1-6-23(2,3)27-21(30)15-11-12-19-18(13-15)28(22(31)24(4,5)32-19)14-20(29)26-17-10-8-7-9-16(17)25/h7-13H,6,14H2,1-5H3,(H,26,29)(H,27,30). The van der Waals surface area contributed by atoms with Crippen LogP contribution in [0.2, 0.25) is 0 Å². The highest BCUT2D eigenvalue weighted by atomic mass is 19.1. The number of carbonyl (C=O) groups excluding carboxylic acids is 3. The van der Waals surface area contributed by atoms with Gasteiger partial charge in [0.1, 0.15) is 18.1 Å². The van der Waals surface area contributed by atoms with Gasteiger partial charge in [-0.3, -0.25) is 19.3 Å². The second-order valence-corrected chi connectivity index (χ2v) is 8.91. The van der Waals surface area contributed by atoms with Crippen LogP contribution in [0.5, 0.6) is 5.75 Å². The summed E-state index contributed by atoms with van der Waals surface area (Å²) in [7, 11) is 0.